The van der Waals surface area contributed by atoms with E-state index in [-0.39, 0.29) is 17.4 Å². The van der Waals surface area contributed by atoms with Crippen molar-refractivity contribution in [1.82, 2.24) is 0 Å². The molecule has 1 aliphatic rings. The predicted molar refractivity (Wildman–Crippen MR) is 109 cm³/mol. The summed E-state index contributed by atoms with van der Waals surface area (Å²) < 4.78 is 0. The third kappa shape index (κ3) is 4.01. The minimum Gasteiger partial charge on any atom is -0.507 e. The summed E-state index contributed by atoms with van der Waals surface area (Å²) in [6.45, 7) is 6.57. The maximum atomic E-state index is 10.7. The van der Waals surface area contributed by atoms with Gasteiger partial charge >= 0.3 is 0 Å². The van der Waals surface area contributed by atoms with Crippen LogP contribution in [0.5, 0.6) is 11.5 Å². The van der Waals surface area contributed by atoms with E-state index >= 15 is 0 Å². The number of allylic oxidation sites excluding steroid dienone is 2. The van der Waals surface area contributed by atoms with Crippen LogP contribution in [0.25, 0.3) is 12.2 Å². The topological polar surface area (TPSA) is 40.5 Å². The lowest BCUT2D eigenvalue weighted by atomic mass is 9.71. The molecule has 0 radical (unpaired) electrons. The summed E-state index contributed by atoms with van der Waals surface area (Å²) in [4.78, 5) is 0. The summed E-state index contributed by atoms with van der Waals surface area (Å²) in [6.07, 6.45) is 8.32. The number of phenols is 2. The second kappa shape index (κ2) is 7.82. The highest BCUT2D eigenvalue weighted by molar-refractivity contribution is 5.72. The molecule has 3 rings (SSSR count). The Morgan fingerprint density at radius 3 is 2.19 bits per heavy atom. The smallest absolute Gasteiger partial charge is 0.123 e. The van der Waals surface area contributed by atoms with Crippen molar-refractivity contribution in [2.45, 2.75) is 39.5 Å². The van der Waals surface area contributed by atoms with Crippen LogP contribution >= 0.6 is 0 Å². The van der Waals surface area contributed by atoms with Crippen molar-refractivity contribution in [3.63, 3.8) is 0 Å². The van der Waals surface area contributed by atoms with Gasteiger partial charge in [-0.05, 0) is 54.9 Å². The molecular weight excluding hydrogens is 320 g/mol. The second-order valence-corrected chi connectivity index (χ2v) is 7.70. The zero-order valence-electron chi connectivity index (χ0n) is 15.8. The molecule has 0 bridgehead atoms. The first-order valence-corrected chi connectivity index (χ1v) is 9.42. The van der Waals surface area contributed by atoms with E-state index < -0.39 is 0 Å². The average molecular weight is 348 g/mol. The molecule has 2 nitrogen and oxygen atoms in total. The molecule has 1 aliphatic carbocycles. The van der Waals surface area contributed by atoms with E-state index in [0.29, 0.717) is 17.4 Å². The molecular formula is C24H28O2. The van der Waals surface area contributed by atoms with E-state index in [1.807, 2.05) is 42.5 Å². The minimum atomic E-state index is 0.0657. The lowest BCUT2D eigenvalue weighted by Gasteiger charge is -2.33. The van der Waals surface area contributed by atoms with Gasteiger partial charge in [-0.1, -0.05) is 68.0 Å². The SMILES string of the molecule is CC1=C[C@@H](c2c(O)cc(C=Cc3ccccc3)cc2O)[C@H](C(C)C)CC1. The summed E-state index contributed by atoms with van der Waals surface area (Å²) >= 11 is 0. The van der Waals surface area contributed by atoms with Gasteiger partial charge in [-0.2, -0.15) is 0 Å². The van der Waals surface area contributed by atoms with Gasteiger partial charge in [-0.3, -0.25) is 0 Å². The molecule has 0 unspecified atom stereocenters. The van der Waals surface area contributed by atoms with Crippen molar-refractivity contribution < 1.29 is 10.2 Å². The quantitative estimate of drug-likeness (QED) is 0.498. The molecule has 2 aromatic rings. The van der Waals surface area contributed by atoms with E-state index in [1.165, 1.54) is 5.57 Å². The van der Waals surface area contributed by atoms with Gasteiger partial charge in [-0.15, -0.1) is 0 Å². The molecule has 0 aromatic heterocycles. The van der Waals surface area contributed by atoms with E-state index in [1.54, 1.807) is 12.1 Å². The van der Waals surface area contributed by atoms with Gasteiger partial charge in [-0.25, -0.2) is 0 Å². The first-order valence-electron chi connectivity index (χ1n) is 9.42. The van der Waals surface area contributed by atoms with E-state index in [0.717, 1.165) is 24.0 Å². The zero-order valence-corrected chi connectivity index (χ0v) is 15.8. The van der Waals surface area contributed by atoms with Gasteiger partial charge in [0.05, 0.1) is 0 Å². The number of phenolic OH excluding ortho intramolecular Hbond substituents is 2. The molecule has 0 saturated carbocycles. The van der Waals surface area contributed by atoms with Crippen molar-refractivity contribution in [3.8, 4) is 11.5 Å². The fraction of sp³-hybridized carbons (Fsp3) is 0.333. The average Bonchev–Trinajstić information content (AvgIpc) is 2.60. The van der Waals surface area contributed by atoms with Crippen LogP contribution < -0.4 is 0 Å². The third-order valence-corrected chi connectivity index (χ3v) is 5.41. The van der Waals surface area contributed by atoms with Crippen molar-refractivity contribution in [3.05, 3.63) is 70.8 Å². The normalized spacial score (nSPS) is 20.5. The molecule has 0 heterocycles. The third-order valence-electron chi connectivity index (χ3n) is 5.41. The van der Waals surface area contributed by atoms with Gasteiger partial charge in [0.2, 0.25) is 0 Å². The standard InChI is InChI=1S/C24H28O2/c1-16(2)20-12-9-17(3)13-21(20)24-22(25)14-19(15-23(24)26)11-10-18-7-5-4-6-8-18/h4-8,10-11,13-16,20-21,25-26H,9,12H2,1-3H3/t20-,21+/m0/s1. The Labute approximate surface area is 156 Å². The van der Waals surface area contributed by atoms with Crippen LogP contribution in [0.1, 0.15) is 56.2 Å². The van der Waals surface area contributed by atoms with Gasteiger partial charge in [0, 0.05) is 11.5 Å². The molecule has 2 N–H and O–H groups in total. The zero-order chi connectivity index (χ0) is 18.7. The molecule has 0 fully saturated rings. The van der Waals surface area contributed by atoms with Gasteiger partial charge in [0.15, 0.2) is 0 Å². The highest BCUT2D eigenvalue weighted by Gasteiger charge is 2.31. The predicted octanol–water partition coefficient (Wildman–Crippen LogP) is 6.36. The minimum absolute atomic E-state index is 0.0657. The fourth-order valence-electron chi connectivity index (χ4n) is 3.97. The highest BCUT2D eigenvalue weighted by Crippen LogP contribution is 2.46. The van der Waals surface area contributed by atoms with E-state index in [9.17, 15) is 10.2 Å². The van der Waals surface area contributed by atoms with Crippen molar-refractivity contribution >= 4 is 12.2 Å². The maximum Gasteiger partial charge on any atom is 0.123 e. The number of aromatic hydroxyl groups is 2. The molecule has 26 heavy (non-hydrogen) atoms. The lowest BCUT2D eigenvalue weighted by molar-refractivity contribution is 0.304. The van der Waals surface area contributed by atoms with Crippen LogP contribution in [-0.4, -0.2) is 10.2 Å². The monoisotopic (exact) mass is 348 g/mol. The van der Waals surface area contributed by atoms with Crippen LogP contribution in [0, 0.1) is 11.8 Å². The van der Waals surface area contributed by atoms with Crippen LogP contribution in [-0.2, 0) is 0 Å². The second-order valence-electron chi connectivity index (χ2n) is 7.70. The lowest BCUT2D eigenvalue weighted by Crippen LogP contribution is -2.21. The number of hydrogen-bond donors (Lipinski definition) is 2. The summed E-state index contributed by atoms with van der Waals surface area (Å²) in [5.41, 5.74) is 3.88. The van der Waals surface area contributed by atoms with Gasteiger partial charge in [0.25, 0.3) is 0 Å². The largest absolute Gasteiger partial charge is 0.507 e. The Hall–Kier alpha value is -2.48. The fourth-order valence-corrected chi connectivity index (χ4v) is 3.97. The van der Waals surface area contributed by atoms with Crippen molar-refractivity contribution in [2.24, 2.45) is 11.8 Å². The Kier molecular flexibility index (Phi) is 5.51. The molecule has 0 amide bonds. The Balaban J connectivity index is 1.94. The first-order chi connectivity index (χ1) is 12.5. The molecule has 2 atom stereocenters. The summed E-state index contributed by atoms with van der Waals surface area (Å²) in [7, 11) is 0. The molecule has 0 spiro atoms. The van der Waals surface area contributed by atoms with Crippen molar-refractivity contribution in [1.29, 1.82) is 0 Å². The molecule has 2 heteroatoms. The Morgan fingerprint density at radius 2 is 1.58 bits per heavy atom. The van der Waals surface area contributed by atoms with E-state index in [4.69, 9.17) is 0 Å². The maximum absolute atomic E-state index is 10.7. The number of hydrogen-bond acceptors (Lipinski definition) is 2. The van der Waals surface area contributed by atoms with Crippen molar-refractivity contribution in [2.75, 3.05) is 0 Å². The van der Waals surface area contributed by atoms with Crippen LogP contribution in [0.3, 0.4) is 0 Å². The Morgan fingerprint density at radius 1 is 0.962 bits per heavy atom. The van der Waals surface area contributed by atoms with E-state index in [2.05, 4.69) is 26.8 Å². The molecule has 0 saturated heterocycles. The highest BCUT2D eigenvalue weighted by atomic mass is 16.3. The molecule has 136 valence electrons. The first kappa shape index (κ1) is 18.3. The summed E-state index contributed by atoms with van der Waals surface area (Å²) in [6, 6.07) is 13.5. The van der Waals surface area contributed by atoms with Crippen LogP contribution in [0.4, 0.5) is 0 Å². The summed E-state index contributed by atoms with van der Waals surface area (Å²) in [5, 5.41) is 21.4. The van der Waals surface area contributed by atoms with Crippen LogP contribution in [0.15, 0.2) is 54.1 Å². The van der Waals surface area contributed by atoms with Crippen LogP contribution in [0.2, 0.25) is 0 Å². The number of benzene rings is 2. The Bertz CT molecular complexity index is 792. The summed E-state index contributed by atoms with van der Waals surface area (Å²) in [5.74, 6) is 1.36. The number of rotatable bonds is 4. The van der Waals surface area contributed by atoms with Gasteiger partial charge in [0.1, 0.15) is 11.5 Å². The van der Waals surface area contributed by atoms with Gasteiger partial charge < -0.3 is 10.2 Å². The molecule has 0 aliphatic heterocycles. The molecule has 2 aromatic carbocycles.